The molecule has 2 heterocycles. The van der Waals surface area contributed by atoms with Crippen LogP contribution < -0.4 is 5.32 Å². The molecule has 1 atom stereocenters. The second kappa shape index (κ2) is 7.63. The van der Waals surface area contributed by atoms with Gasteiger partial charge in [0.1, 0.15) is 0 Å². The Labute approximate surface area is 151 Å². The third-order valence-electron chi connectivity index (χ3n) is 4.34. The maximum absolute atomic E-state index is 12.8. The molecule has 0 unspecified atom stereocenters. The Bertz CT molecular complexity index is 835. The molecule has 0 spiro atoms. The molecule has 2 aromatic rings. The first kappa shape index (κ1) is 18.0. The number of aromatic nitrogens is 1. The Morgan fingerprint density at radius 1 is 1.44 bits per heavy atom. The highest BCUT2D eigenvalue weighted by Gasteiger charge is 2.32. The Kier molecular flexibility index (Phi) is 5.51. The highest BCUT2D eigenvalue weighted by Crippen LogP contribution is 2.26. The summed E-state index contributed by atoms with van der Waals surface area (Å²) in [6.45, 7) is 2.91. The van der Waals surface area contributed by atoms with Gasteiger partial charge in [-0.25, -0.2) is 13.4 Å². The molecule has 6 nitrogen and oxygen atoms in total. The van der Waals surface area contributed by atoms with Gasteiger partial charge in [-0.3, -0.25) is 4.79 Å². The quantitative estimate of drug-likeness (QED) is 0.835. The van der Waals surface area contributed by atoms with Gasteiger partial charge in [0.05, 0.1) is 16.1 Å². The topological polar surface area (TPSA) is 79.4 Å². The van der Waals surface area contributed by atoms with E-state index in [-0.39, 0.29) is 16.8 Å². The van der Waals surface area contributed by atoms with Crippen LogP contribution in [0.2, 0.25) is 0 Å². The molecule has 1 saturated heterocycles. The molecule has 1 aliphatic rings. The summed E-state index contributed by atoms with van der Waals surface area (Å²) < 4.78 is 27.1. The molecule has 0 bridgehead atoms. The molecule has 134 valence electrons. The minimum Gasteiger partial charge on any atom is -0.352 e. The predicted molar refractivity (Wildman–Crippen MR) is 97.2 cm³/mol. The van der Waals surface area contributed by atoms with E-state index in [1.165, 1.54) is 21.7 Å². The SMILES string of the molecule is C[C@@H]1CCCN1S(=O)(=O)c1cccc(C(=O)NCCc2cscn2)c1. The second-order valence-electron chi connectivity index (χ2n) is 6.12. The van der Waals surface area contributed by atoms with Crippen LogP contribution in [0.3, 0.4) is 0 Å². The molecule has 0 saturated carbocycles. The van der Waals surface area contributed by atoms with E-state index in [4.69, 9.17) is 0 Å². The molecule has 1 amide bonds. The minimum absolute atomic E-state index is 0.000550. The molecule has 1 fully saturated rings. The number of amides is 1. The van der Waals surface area contributed by atoms with Crippen molar-refractivity contribution in [1.82, 2.24) is 14.6 Å². The minimum atomic E-state index is -3.56. The van der Waals surface area contributed by atoms with Gasteiger partial charge in [0.2, 0.25) is 10.0 Å². The standard InChI is InChI=1S/C17H21N3O3S2/c1-13-4-3-9-20(13)25(22,23)16-6-2-5-14(10-16)17(21)18-8-7-15-11-24-12-19-15/h2,5-6,10-13H,3-4,7-9H2,1H3,(H,18,21)/t13-/m1/s1. The number of sulfonamides is 1. The Balaban J connectivity index is 1.69. The molecular weight excluding hydrogens is 358 g/mol. The Morgan fingerprint density at radius 2 is 2.28 bits per heavy atom. The lowest BCUT2D eigenvalue weighted by atomic mass is 10.2. The summed E-state index contributed by atoms with van der Waals surface area (Å²) >= 11 is 1.52. The number of hydrogen-bond acceptors (Lipinski definition) is 5. The largest absolute Gasteiger partial charge is 0.352 e. The molecule has 0 aliphatic carbocycles. The number of rotatable bonds is 6. The van der Waals surface area contributed by atoms with E-state index >= 15 is 0 Å². The zero-order valence-corrected chi connectivity index (χ0v) is 15.6. The number of thiazole rings is 1. The summed E-state index contributed by atoms with van der Waals surface area (Å²) in [5.74, 6) is -0.276. The average Bonchev–Trinajstić information content (AvgIpc) is 3.26. The van der Waals surface area contributed by atoms with E-state index in [9.17, 15) is 13.2 Å². The first-order valence-electron chi connectivity index (χ1n) is 8.25. The summed E-state index contributed by atoms with van der Waals surface area (Å²) in [5, 5.41) is 4.75. The monoisotopic (exact) mass is 379 g/mol. The van der Waals surface area contributed by atoms with Crippen molar-refractivity contribution in [3.8, 4) is 0 Å². The van der Waals surface area contributed by atoms with Crippen molar-refractivity contribution in [2.45, 2.75) is 37.1 Å². The number of benzene rings is 1. The summed E-state index contributed by atoms with van der Waals surface area (Å²) in [4.78, 5) is 16.6. The fraction of sp³-hybridized carbons (Fsp3) is 0.412. The van der Waals surface area contributed by atoms with Crippen LogP contribution in [0.15, 0.2) is 40.1 Å². The highest BCUT2D eigenvalue weighted by molar-refractivity contribution is 7.89. The first-order chi connectivity index (χ1) is 12.0. The molecule has 25 heavy (non-hydrogen) atoms. The van der Waals surface area contributed by atoms with E-state index in [1.807, 2.05) is 12.3 Å². The molecule has 0 radical (unpaired) electrons. The van der Waals surface area contributed by atoms with E-state index < -0.39 is 10.0 Å². The predicted octanol–water partition coefficient (Wildman–Crippen LogP) is 2.29. The van der Waals surface area contributed by atoms with Crippen molar-refractivity contribution >= 4 is 27.3 Å². The zero-order chi connectivity index (χ0) is 17.9. The maximum atomic E-state index is 12.8. The molecule has 1 aromatic carbocycles. The fourth-order valence-electron chi connectivity index (χ4n) is 2.96. The van der Waals surface area contributed by atoms with Gasteiger partial charge in [0.15, 0.2) is 0 Å². The summed E-state index contributed by atoms with van der Waals surface area (Å²) in [6, 6.07) is 6.25. The van der Waals surface area contributed by atoms with Crippen LogP contribution in [0, 0.1) is 0 Å². The van der Waals surface area contributed by atoms with Gasteiger partial charge in [-0.1, -0.05) is 6.07 Å². The maximum Gasteiger partial charge on any atom is 0.251 e. The third-order valence-corrected chi connectivity index (χ3v) is 6.99. The molecule has 1 N–H and O–H groups in total. The lowest BCUT2D eigenvalue weighted by Gasteiger charge is -2.21. The van der Waals surface area contributed by atoms with Gasteiger partial charge in [0.25, 0.3) is 5.91 Å². The number of nitrogens with zero attached hydrogens (tertiary/aromatic N) is 2. The molecular formula is C17H21N3O3S2. The van der Waals surface area contributed by atoms with Crippen molar-refractivity contribution in [2.24, 2.45) is 0 Å². The molecule has 3 rings (SSSR count). The van der Waals surface area contributed by atoms with Gasteiger partial charge < -0.3 is 5.32 Å². The van der Waals surface area contributed by atoms with Crippen LogP contribution in [0.25, 0.3) is 0 Å². The number of carbonyl (C=O) groups is 1. The lowest BCUT2D eigenvalue weighted by Crippen LogP contribution is -2.34. The van der Waals surface area contributed by atoms with Crippen LogP contribution in [0.5, 0.6) is 0 Å². The fourth-order valence-corrected chi connectivity index (χ4v) is 5.30. The lowest BCUT2D eigenvalue weighted by molar-refractivity contribution is 0.0954. The van der Waals surface area contributed by atoms with E-state index in [0.717, 1.165) is 18.5 Å². The summed E-state index contributed by atoms with van der Waals surface area (Å²) in [6.07, 6.45) is 2.39. The van der Waals surface area contributed by atoms with Crippen molar-refractivity contribution in [2.75, 3.05) is 13.1 Å². The Morgan fingerprint density at radius 3 is 2.96 bits per heavy atom. The van der Waals surface area contributed by atoms with Gasteiger partial charge in [-0.2, -0.15) is 4.31 Å². The molecule has 8 heteroatoms. The van der Waals surface area contributed by atoms with E-state index in [0.29, 0.717) is 25.1 Å². The van der Waals surface area contributed by atoms with Crippen molar-refractivity contribution in [3.05, 3.63) is 46.4 Å². The van der Waals surface area contributed by atoms with Gasteiger partial charge in [-0.05, 0) is 38.0 Å². The van der Waals surface area contributed by atoms with Gasteiger partial charge in [0, 0.05) is 36.5 Å². The van der Waals surface area contributed by atoms with Gasteiger partial charge in [-0.15, -0.1) is 11.3 Å². The highest BCUT2D eigenvalue weighted by atomic mass is 32.2. The van der Waals surface area contributed by atoms with Gasteiger partial charge >= 0.3 is 0 Å². The number of hydrogen-bond donors (Lipinski definition) is 1. The second-order valence-corrected chi connectivity index (χ2v) is 8.73. The van der Waals surface area contributed by atoms with Crippen LogP contribution in [-0.2, 0) is 16.4 Å². The number of carbonyl (C=O) groups excluding carboxylic acids is 1. The smallest absolute Gasteiger partial charge is 0.251 e. The third kappa shape index (κ3) is 4.08. The summed E-state index contributed by atoms with van der Waals surface area (Å²) in [7, 11) is -3.56. The van der Waals surface area contributed by atoms with Crippen LogP contribution in [0.4, 0.5) is 0 Å². The van der Waals surface area contributed by atoms with Crippen LogP contribution in [-0.4, -0.2) is 42.7 Å². The van der Waals surface area contributed by atoms with E-state index in [2.05, 4.69) is 10.3 Å². The Hall–Kier alpha value is -1.77. The van der Waals surface area contributed by atoms with Crippen molar-refractivity contribution in [1.29, 1.82) is 0 Å². The van der Waals surface area contributed by atoms with E-state index in [1.54, 1.807) is 23.7 Å². The first-order valence-corrected chi connectivity index (χ1v) is 10.6. The summed E-state index contributed by atoms with van der Waals surface area (Å²) in [5.41, 5.74) is 3.04. The normalized spacial score (nSPS) is 18.4. The van der Waals surface area contributed by atoms with Crippen molar-refractivity contribution in [3.63, 3.8) is 0 Å². The molecule has 1 aliphatic heterocycles. The number of nitrogens with one attached hydrogen (secondary N) is 1. The van der Waals surface area contributed by atoms with Crippen LogP contribution in [0.1, 0.15) is 35.8 Å². The van der Waals surface area contributed by atoms with Crippen LogP contribution >= 0.6 is 11.3 Å². The molecule has 1 aromatic heterocycles. The van der Waals surface area contributed by atoms with Crippen molar-refractivity contribution < 1.29 is 13.2 Å². The zero-order valence-electron chi connectivity index (χ0n) is 14.0. The average molecular weight is 380 g/mol.